The summed E-state index contributed by atoms with van der Waals surface area (Å²) in [4.78, 5) is 2.34. The zero-order chi connectivity index (χ0) is 17.1. The number of nitrogen functional groups attached to an aromatic ring is 1. The number of nitrogens with two attached hydrogens (primary N) is 1. The van der Waals surface area contributed by atoms with E-state index >= 15 is 0 Å². The van der Waals surface area contributed by atoms with Crippen molar-refractivity contribution in [3.63, 3.8) is 0 Å². The Labute approximate surface area is 143 Å². The SMILES string of the molecule is CCCCc1nn(C2CCN(C)CC2)c(N)c1-c1ccc(F)cc1. The quantitative estimate of drug-likeness (QED) is 0.905. The maximum absolute atomic E-state index is 13.3. The summed E-state index contributed by atoms with van der Waals surface area (Å²) in [6.45, 7) is 4.31. The number of benzene rings is 1. The number of hydrogen-bond acceptors (Lipinski definition) is 3. The molecule has 0 bridgehead atoms. The number of anilines is 1. The van der Waals surface area contributed by atoms with Gasteiger partial charge in [-0.15, -0.1) is 0 Å². The fraction of sp³-hybridized carbons (Fsp3) is 0.526. The van der Waals surface area contributed by atoms with E-state index in [-0.39, 0.29) is 5.82 Å². The van der Waals surface area contributed by atoms with Crippen LogP contribution in [-0.4, -0.2) is 34.8 Å². The van der Waals surface area contributed by atoms with E-state index in [1.165, 1.54) is 12.1 Å². The predicted molar refractivity (Wildman–Crippen MR) is 96.4 cm³/mol. The average Bonchev–Trinajstić information content (AvgIpc) is 2.91. The molecule has 0 atom stereocenters. The second-order valence-electron chi connectivity index (χ2n) is 6.80. The molecule has 3 rings (SSSR count). The summed E-state index contributed by atoms with van der Waals surface area (Å²) >= 11 is 0. The summed E-state index contributed by atoms with van der Waals surface area (Å²) < 4.78 is 15.3. The van der Waals surface area contributed by atoms with Gasteiger partial charge in [0.15, 0.2) is 0 Å². The predicted octanol–water partition coefficient (Wildman–Crippen LogP) is 3.88. The Bertz CT molecular complexity index is 669. The van der Waals surface area contributed by atoms with Gasteiger partial charge >= 0.3 is 0 Å². The van der Waals surface area contributed by atoms with Crippen molar-refractivity contribution in [2.24, 2.45) is 0 Å². The largest absolute Gasteiger partial charge is 0.383 e. The molecule has 1 aromatic carbocycles. The fourth-order valence-corrected chi connectivity index (χ4v) is 3.46. The molecule has 24 heavy (non-hydrogen) atoms. The lowest BCUT2D eigenvalue weighted by atomic mass is 10.0. The van der Waals surface area contributed by atoms with Gasteiger partial charge in [0.25, 0.3) is 0 Å². The molecule has 0 spiro atoms. The maximum Gasteiger partial charge on any atom is 0.130 e. The van der Waals surface area contributed by atoms with Crippen LogP contribution in [0, 0.1) is 5.82 Å². The number of aryl methyl sites for hydroxylation is 1. The highest BCUT2D eigenvalue weighted by molar-refractivity contribution is 5.76. The minimum absolute atomic E-state index is 0.227. The van der Waals surface area contributed by atoms with E-state index < -0.39 is 0 Å². The zero-order valence-corrected chi connectivity index (χ0v) is 14.6. The third-order valence-electron chi connectivity index (χ3n) is 4.95. The summed E-state index contributed by atoms with van der Waals surface area (Å²) in [5.41, 5.74) is 9.49. The molecule has 130 valence electrons. The van der Waals surface area contributed by atoms with Gasteiger partial charge in [-0.2, -0.15) is 5.10 Å². The highest BCUT2D eigenvalue weighted by atomic mass is 19.1. The molecule has 4 nitrogen and oxygen atoms in total. The molecular weight excluding hydrogens is 303 g/mol. The van der Waals surface area contributed by atoms with E-state index in [1.54, 1.807) is 12.1 Å². The van der Waals surface area contributed by atoms with Crippen molar-refractivity contribution >= 4 is 5.82 Å². The van der Waals surface area contributed by atoms with Crippen molar-refractivity contribution in [2.45, 2.75) is 45.1 Å². The Morgan fingerprint density at radius 1 is 1.21 bits per heavy atom. The number of piperidine rings is 1. The van der Waals surface area contributed by atoms with Crippen LogP contribution in [0.5, 0.6) is 0 Å². The number of hydrogen-bond donors (Lipinski definition) is 1. The lowest BCUT2D eigenvalue weighted by Crippen LogP contribution is -2.32. The zero-order valence-electron chi connectivity index (χ0n) is 14.6. The van der Waals surface area contributed by atoms with Gasteiger partial charge in [-0.05, 0) is 63.5 Å². The topological polar surface area (TPSA) is 47.1 Å². The van der Waals surface area contributed by atoms with Gasteiger partial charge in [-0.25, -0.2) is 9.07 Å². The van der Waals surface area contributed by atoms with Crippen LogP contribution in [0.15, 0.2) is 24.3 Å². The number of unbranched alkanes of at least 4 members (excludes halogenated alkanes) is 1. The molecule has 1 fully saturated rings. The molecule has 5 heteroatoms. The fourth-order valence-electron chi connectivity index (χ4n) is 3.46. The average molecular weight is 330 g/mol. The summed E-state index contributed by atoms with van der Waals surface area (Å²) in [6, 6.07) is 6.95. The van der Waals surface area contributed by atoms with Crippen LogP contribution >= 0.6 is 0 Å². The van der Waals surface area contributed by atoms with E-state index in [0.29, 0.717) is 6.04 Å². The van der Waals surface area contributed by atoms with Crippen molar-refractivity contribution < 1.29 is 4.39 Å². The van der Waals surface area contributed by atoms with Crippen LogP contribution in [0.3, 0.4) is 0 Å². The number of likely N-dealkylation sites (tertiary alicyclic amines) is 1. The molecule has 0 aliphatic carbocycles. The smallest absolute Gasteiger partial charge is 0.130 e. The Balaban J connectivity index is 1.97. The van der Waals surface area contributed by atoms with Crippen LogP contribution in [0.2, 0.25) is 0 Å². The third kappa shape index (κ3) is 3.46. The molecule has 0 radical (unpaired) electrons. The molecule has 0 saturated carbocycles. The molecule has 1 aliphatic rings. The van der Waals surface area contributed by atoms with E-state index in [0.717, 1.165) is 67.8 Å². The molecule has 2 N–H and O–H groups in total. The Morgan fingerprint density at radius 2 is 1.88 bits per heavy atom. The van der Waals surface area contributed by atoms with E-state index in [1.807, 2.05) is 4.68 Å². The van der Waals surface area contributed by atoms with E-state index in [2.05, 4.69) is 18.9 Å². The van der Waals surface area contributed by atoms with E-state index in [9.17, 15) is 4.39 Å². The highest BCUT2D eigenvalue weighted by Crippen LogP contribution is 2.35. The maximum atomic E-state index is 13.3. The van der Waals surface area contributed by atoms with Crippen LogP contribution in [0.1, 0.15) is 44.3 Å². The lowest BCUT2D eigenvalue weighted by molar-refractivity contribution is 0.213. The summed E-state index contributed by atoms with van der Waals surface area (Å²) in [5, 5.41) is 4.87. The molecule has 1 aliphatic heterocycles. The third-order valence-corrected chi connectivity index (χ3v) is 4.95. The molecule has 2 aromatic rings. The monoisotopic (exact) mass is 330 g/mol. The molecule has 1 saturated heterocycles. The van der Waals surface area contributed by atoms with Gasteiger partial charge in [0.05, 0.1) is 11.7 Å². The van der Waals surface area contributed by atoms with Gasteiger partial charge < -0.3 is 10.6 Å². The summed E-state index contributed by atoms with van der Waals surface area (Å²) in [5.74, 6) is 0.498. The molecule has 2 heterocycles. The van der Waals surface area contributed by atoms with Crippen LogP contribution in [0.4, 0.5) is 10.2 Å². The van der Waals surface area contributed by atoms with Crippen LogP contribution < -0.4 is 5.73 Å². The Morgan fingerprint density at radius 3 is 2.50 bits per heavy atom. The molecule has 0 unspecified atom stereocenters. The minimum atomic E-state index is -0.227. The normalized spacial score (nSPS) is 16.6. The first-order valence-corrected chi connectivity index (χ1v) is 8.91. The lowest BCUT2D eigenvalue weighted by Gasteiger charge is -2.29. The molecule has 0 amide bonds. The van der Waals surface area contributed by atoms with Crippen molar-refractivity contribution in [2.75, 3.05) is 25.9 Å². The minimum Gasteiger partial charge on any atom is -0.383 e. The van der Waals surface area contributed by atoms with Gasteiger partial charge in [0.2, 0.25) is 0 Å². The first-order valence-electron chi connectivity index (χ1n) is 8.91. The van der Waals surface area contributed by atoms with Crippen LogP contribution in [-0.2, 0) is 6.42 Å². The van der Waals surface area contributed by atoms with Crippen molar-refractivity contribution in [3.8, 4) is 11.1 Å². The standard InChI is InChI=1S/C19H27FN4/c1-3-4-5-17-18(14-6-8-15(20)9-7-14)19(21)24(22-17)16-10-12-23(2)13-11-16/h6-9,16H,3-5,10-13,21H2,1-2H3. The first-order chi connectivity index (χ1) is 11.6. The van der Waals surface area contributed by atoms with Crippen molar-refractivity contribution in [3.05, 3.63) is 35.8 Å². The number of nitrogens with zero attached hydrogens (tertiary/aromatic N) is 3. The summed E-state index contributed by atoms with van der Waals surface area (Å²) in [7, 11) is 2.15. The van der Waals surface area contributed by atoms with Gasteiger partial charge in [0, 0.05) is 5.56 Å². The highest BCUT2D eigenvalue weighted by Gasteiger charge is 2.25. The number of aromatic nitrogens is 2. The number of halogens is 1. The van der Waals surface area contributed by atoms with Crippen molar-refractivity contribution in [1.29, 1.82) is 0 Å². The molecular formula is C19H27FN4. The summed E-state index contributed by atoms with van der Waals surface area (Å²) in [6.07, 6.45) is 5.24. The second-order valence-corrected chi connectivity index (χ2v) is 6.80. The van der Waals surface area contributed by atoms with Crippen molar-refractivity contribution in [1.82, 2.24) is 14.7 Å². The van der Waals surface area contributed by atoms with Crippen LogP contribution in [0.25, 0.3) is 11.1 Å². The van der Waals surface area contributed by atoms with Gasteiger partial charge in [-0.3, -0.25) is 0 Å². The van der Waals surface area contributed by atoms with E-state index in [4.69, 9.17) is 10.8 Å². The van der Waals surface area contributed by atoms with Gasteiger partial charge in [-0.1, -0.05) is 25.5 Å². The second kappa shape index (κ2) is 7.34. The Kier molecular flexibility index (Phi) is 5.19. The molecule has 1 aromatic heterocycles. The first kappa shape index (κ1) is 17.0. The van der Waals surface area contributed by atoms with Gasteiger partial charge in [0.1, 0.15) is 11.6 Å². The Hall–Kier alpha value is -1.88. The number of rotatable bonds is 5.